The molecule has 2 amide bonds. The lowest BCUT2D eigenvalue weighted by atomic mass is 10.1. The molecular formula is C22H24N2O6. The SMILES string of the molecule is CC(=O)OC(C(=O)Nc1ccc(C)cc1)C(OC(C)=O)C(=O)Nc1ccc(C)cc1. The van der Waals surface area contributed by atoms with E-state index >= 15 is 0 Å². The van der Waals surface area contributed by atoms with Gasteiger partial charge in [0.15, 0.2) is 0 Å². The fourth-order valence-electron chi connectivity index (χ4n) is 2.56. The summed E-state index contributed by atoms with van der Waals surface area (Å²) in [6, 6.07) is 13.8. The van der Waals surface area contributed by atoms with Gasteiger partial charge in [0, 0.05) is 25.2 Å². The number of anilines is 2. The van der Waals surface area contributed by atoms with E-state index in [4.69, 9.17) is 9.47 Å². The van der Waals surface area contributed by atoms with Crippen molar-refractivity contribution >= 4 is 35.1 Å². The summed E-state index contributed by atoms with van der Waals surface area (Å²) in [5.74, 6) is -3.22. The maximum absolute atomic E-state index is 12.8. The fourth-order valence-corrected chi connectivity index (χ4v) is 2.56. The second-order valence-corrected chi connectivity index (χ2v) is 6.77. The summed E-state index contributed by atoms with van der Waals surface area (Å²) in [6.07, 6.45) is -3.36. The molecule has 158 valence electrons. The minimum atomic E-state index is -1.68. The normalized spacial score (nSPS) is 12.3. The van der Waals surface area contributed by atoms with Crippen molar-refractivity contribution in [3.63, 3.8) is 0 Å². The summed E-state index contributed by atoms with van der Waals surface area (Å²) in [7, 11) is 0. The molecule has 0 radical (unpaired) electrons. The number of hydrogen-bond donors (Lipinski definition) is 2. The molecule has 8 heteroatoms. The highest BCUT2D eigenvalue weighted by molar-refractivity contribution is 6.03. The summed E-state index contributed by atoms with van der Waals surface area (Å²) in [6.45, 7) is 5.96. The van der Waals surface area contributed by atoms with Gasteiger partial charge in [0.2, 0.25) is 12.2 Å². The highest BCUT2D eigenvalue weighted by Gasteiger charge is 2.39. The number of amides is 2. The number of aryl methyl sites for hydroxylation is 2. The number of carbonyl (C=O) groups excluding carboxylic acids is 4. The van der Waals surface area contributed by atoms with Crippen molar-refractivity contribution in [3.05, 3.63) is 59.7 Å². The molecule has 0 aliphatic heterocycles. The van der Waals surface area contributed by atoms with Crippen LogP contribution in [0.25, 0.3) is 0 Å². The standard InChI is InChI=1S/C22H24N2O6/c1-13-5-9-17(10-6-13)23-21(27)19(29-15(3)25)20(30-16(4)26)22(28)24-18-11-7-14(2)8-12-18/h5-12,19-20H,1-4H3,(H,23,27)(H,24,28). The molecule has 0 aliphatic rings. The minimum absolute atomic E-state index is 0.434. The lowest BCUT2D eigenvalue weighted by Crippen LogP contribution is -2.49. The van der Waals surface area contributed by atoms with Gasteiger partial charge >= 0.3 is 11.9 Å². The average molecular weight is 412 g/mol. The van der Waals surface area contributed by atoms with E-state index in [2.05, 4.69) is 10.6 Å². The quantitative estimate of drug-likeness (QED) is 0.677. The van der Waals surface area contributed by atoms with E-state index in [0.717, 1.165) is 25.0 Å². The van der Waals surface area contributed by atoms with Gasteiger partial charge < -0.3 is 20.1 Å². The Morgan fingerprint density at radius 3 is 1.20 bits per heavy atom. The van der Waals surface area contributed by atoms with Crippen LogP contribution in [0.3, 0.4) is 0 Å². The molecule has 2 unspecified atom stereocenters. The molecule has 2 N–H and O–H groups in total. The third-order valence-electron chi connectivity index (χ3n) is 4.02. The molecule has 0 heterocycles. The molecule has 2 rings (SSSR count). The Labute approximate surface area is 174 Å². The largest absolute Gasteiger partial charge is 0.448 e. The Morgan fingerprint density at radius 1 is 0.633 bits per heavy atom. The van der Waals surface area contributed by atoms with Crippen LogP contribution in [0.4, 0.5) is 11.4 Å². The summed E-state index contributed by atoms with van der Waals surface area (Å²) in [5, 5.41) is 5.13. The molecule has 0 aromatic heterocycles. The van der Waals surface area contributed by atoms with Gasteiger partial charge in [-0.3, -0.25) is 19.2 Å². The van der Waals surface area contributed by atoms with Gasteiger partial charge in [-0.15, -0.1) is 0 Å². The highest BCUT2D eigenvalue weighted by atomic mass is 16.6. The van der Waals surface area contributed by atoms with Gasteiger partial charge in [0.05, 0.1) is 0 Å². The van der Waals surface area contributed by atoms with Gasteiger partial charge in [0.25, 0.3) is 11.8 Å². The maximum Gasteiger partial charge on any atom is 0.303 e. The Hall–Kier alpha value is -3.68. The molecule has 2 aromatic rings. The van der Waals surface area contributed by atoms with Gasteiger partial charge in [-0.25, -0.2) is 0 Å². The minimum Gasteiger partial charge on any atom is -0.448 e. The van der Waals surface area contributed by atoms with E-state index in [-0.39, 0.29) is 0 Å². The van der Waals surface area contributed by atoms with Gasteiger partial charge in [-0.05, 0) is 38.1 Å². The van der Waals surface area contributed by atoms with E-state index in [1.807, 2.05) is 13.8 Å². The predicted octanol–water partition coefficient (Wildman–Crippen LogP) is 2.74. The van der Waals surface area contributed by atoms with Crippen LogP contribution in [0, 0.1) is 13.8 Å². The molecule has 0 fully saturated rings. The maximum atomic E-state index is 12.8. The van der Waals surface area contributed by atoms with E-state index in [1.54, 1.807) is 48.5 Å². The number of esters is 2. The van der Waals surface area contributed by atoms with Crippen molar-refractivity contribution in [2.45, 2.75) is 39.9 Å². The van der Waals surface area contributed by atoms with Gasteiger partial charge in [-0.2, -0.15) is 0 Å². The first-order valence-electron chi connectivity index (χ1n) is 9.25. The molecule has 2 aromatic carbocycles. The fraction of sp³-hybridized carbons (Fsp3) is 0.273. The molecule has 8 nitrogen and oxygen atoms in total. The molecule has 0 saturated carbocycles. The second-order valence-electron chi connectivity index (χ2n) is 6.77. The zero-order chi connectivity index (χ0) is 22.3. The molecular weight excluding hydrogens is 388 g/mol. The predicted molar refractivity (Wildman–Crippen MR) is 111 cm³/mol. The molecule has 30 heavy (non-hydrogen) atoms. The summed E-state index contributed by atoms with van der Waals surface area (Å²) in [5.41, 5.74) is 2.84. The van der Waals surface area contributed by atoms with Crippen molar-refractivity contribution < 1.29 is 28.7 Å². The van der Waals surface area contributed by atoms with Crippen LogP contribution in [0.5, 0.6) is 0 Å². The first-order valence-corrected chi connectivity index (χ1v) is 9.25. The van der Waals surface area contributed by atoms with Crippen LogP contribution in [0.1, 0.15) is 25.0 Å². The second kappa shape index (κ2) is 10.2. The number of carbonyl (C=O) groups is 4. The zero-order valence-electron chi connectivity index (χ0n) is 17.2. The number of hydrogen-bond acceptors (Lipinski definition) is 6. The van der Waals surface area contributed by atoms with Crippen LogP contribution in [0.15, 0.2) is 48.5 Å². The summed E-state index contributed by atoms with van der Waals surface area (Å²) in [4.78, 5) is 48.8. The van der Waals surface area contributed by atoms with Gasteiger partial charge in [-0.1, -0.05) is 35.4 Å². The molecule has 0 bridgehead atoms. The lowest BCUT2D eigenvalue weighted by Gasteiger charge is -2.24. The Bertz CT molecular complexity index is 844. The highest BCUT2D eigenvalue weighted by Crippen LogP contribution is 2.16. The Kier molecular flexibility index (Phi) is 7.69. The van der Waals surface area contributed by atoms with E-state index < -0.39 is 36.0 Å². The lowest BCUT2D eigenvalue weighted by molar-refractivity contribution is -0.171. The van der Waals surface area contributed by atoms with Crippen LogP contribution in [-0.2, 0) is 28.7 Å². The van der Waals surface area contributed by atoms with Crippen molar-refractivity contribution in [1.82, 2.24) is 0 Å². The van der Waals surface area contributed by atoms with Gasteiger partial charge in [0.1, 0.15) is 0 Å². The third-order valence-corrected chi connectivity index (χ3v) is 4.02. The van der Waals surface area contributed by atoms with E-state index in [1.165, 1.54) is 0 Å². The van der Waals surface area contributed by atoms with Crippen molar-refractivity contribution in [3.8, 4) is 0 Å². The molecule has 2 atom stereocenters. The first-order chi connectivity index (χ1) is 14.2. The number of benzene rings is 2. The average Bonchev–Trinajstić information content (AvgIpc) is 2.67. The number of rotatable bonds is 7. The Balaban J connectivity index is 2.28. The third kappa shape index (κ3) is 6.73. The van der Waals surface area contributed by atoms with Crippen LogP contribution in [0.2, 0.25) is 0 Å². The number of nitrogens with one attached hydrogen (secondary N) is 2. The van der Waals surface area contributed by atoms with E-state index in [0.29, 0.717) is 11.4 Å². The zero-order valence-corrected chi connectivity index (χ0v) is 17.2. The first kappa shape index (κ1) is 22.6. The molecule has 0 aliphatic carbocycles. The number of ether oxygens (including phenoxy) is 2. The summed E-state index contributed by atoms with van der Waals surface area (Å²) >= 11 is 0. The van der Waals surface area contributed by atoms with E-state index in [9.17, 15) is 19.2 Å². The van der Waals surface area contributed by atoms with Crippen molar-refractivity contribution in [2.24, 2.45) is 0 Å². The summed E-state index contributed by atoms with van der Waals surface area (Å²) < 4.78 is 10.1. The van der Waals surface area contributed by atoms with Crippen molar-refractivity contribution in [1.29, 1.82) is 0 Å². The van der Waals surface area contributed by atoms with Crippen LogP contribution in [-0.4, -0.2) is 36.0 Å². The molecule has 0 spiro atoms. The smallest absolute Gasteiger partial charge is 0.303 e. The van der Waals surface area contributed by atoms with Crippen molar-refractivity contribution in [2.75, 3.05) is 10.6 Å². The van der Waals surface area contributed by atoms with Crippen LogP contribution < -0.4 is 10.6 Å². The topological polar surface area (TPSA) is 111 Å². The van der Waals surface area contributed by atoms with Crippen LogP contribution >= 0.6 is 0 Å². The Morgan fingerprint density at radius 2 is 0.933 bits per heavy atom. The monoisotopic (exact) mass is 412 g/mol. The molecule has 0 saturated heterocycles.